The van der Waals surface area contributed by atoms with Crippen LogP contribution in [0.1, 0.15) is 19.8 Å². The molecule has 1 N–H and O–H groups in total. The summed E-state index contributed by atoms with van der Waals surface area (Å²) in [6, 6.07) is 0. The van der Waals surface area contributed by atoms with E-state index in [2.05, 4.69) is 12.2 Å². The predicted molar refractivity (Wildman–Crippen MR) is 55.3 cm³/mol. The molecule has 1 unspecified atom stereocenters. The Balaban J connectivity index is 1.57. The molecule has 0 bridgehead atoms. The van der Waals surface area contributed by atoms with Gasteiger partial charge >= 0.3 is 0 Å². The van der Waals surface area contributed by atoms with Gasteiger partial charge in [0.05, 0.1) is 19.8 Å². The van der Waals surface area contributed by atoms with Gasteiger partial charge in [-0.3, -0.25) is 0 Å². The SMILES string of the molecule is CC1(CNCC2CCCOC2)COC1. The number of rotatable bonds is 4. The largest absolute Gasteiger partial charge is 0.381 e. The van der Waals surface area contributed by atoms with Crippen molar-refractivity contribution in [3.8, 4) is 0 Å². The Hall–Kier alpha value is -0.120. The second-order valence-electron chi connectivity index (χ2n) is 5.02. The third kappa shape index (κ3) is 2.69. The summed E-state index contributed by atoms with van der Waals surface area (Å²) in [4.78, 5) is 0. The highest BCUT2D eigenvalue weighted by Crippen LogP contribution is 2.25. The van der Waals surface area contributed by atoms with Crippen LogP contribution in [-0.2, 0) is 9.47 Å². The molecule has 0 amide bonds. The van der Waals surface area contributed by atoms with Crippen molar-refractivity contribution < 1.29 is 9.47 Å². The van der Waals surface area contributed by atoms with Crippen LogP contribution < -0.4 is 5.32 Å². The molecule has 0 radical (unpaired) electrons. The van der Waals surface area contributed by atoms with Gasteiger partial charge in [-0.2, -0.15) is 0 Å². The molecule has 2 aliphatic rings. The molecule has 0 spiro atoms. The van der Waals surface area contributed by atoms with Crippen molar-refractivity contribution in [2.45, 2.75) is 19.8 Å². The standard InChI is InChI=1S/C11H21NO2/c1-11(8-14-9-11)7-12-5-10-3-2-4-13-6-10/h10,12H,2-9H2,1H3. The van der Waals surface area contributed by atoms with E-state index in [1.165, 1.54) is 12.8 Å². The molecule has 2 aliphatic heterocycles. The van der Waals surface area contributed by atoms with Gasteiger partial charge in [-0.25, -0.2) is 0 Å². The van der Waals surface area contributed by atoms with E-state index in [1.807, 2.05) is 0 Å². The summed E-state index contributed by atoms with van der Waals surface area (Å²) in [5.41, 5.74) is 0.398. The number of hydrogen-bond acceptors (Lipinski definition) is 3. The molecule has 3 heteroatoms. The average molecular weight is 199 g/mol. The Bertz CT molecular complexity index is 174. The Kier molecular flexibility index (Phi) is 3.42. The van der Waals surface area contributed by atoms with Gasteiger partial charge in [-0.1, -0.05) is 6.92 Å². The van der Waals surface area contributed by atoms with Gasteiger partial charge in [0.15, 0.2) is 0 Å². The lowest BCUT2D eigenvalue weighted by Crippen LogP contribution is -2.48. The highest BCUT2D eigenvalue weighted by atomic mass is 16.5. The van der Waals surface area contributed by atoms with Gasteiger partial charge in [0.25, 0.3) is 0 Å². The van der Waals surface area contributed by atoms with Gasteiger partial charge in [0.2, 0.25) is 0 Å². The first-order valence-electron chi connectivity index (χ1n) is 5.65. The molecule has 0 saturated carbocycles. The molecule has 2 rings (SSSR count). The van der Waals surface area contributed by atoms with Crippen LogP contribution in [0.5, 0.6) is 0 Å². The van der Waals surface area contributed by atoms with Gasteiger partial charge in [0, 0.05) is 25.1 Å². The van der Waals surface area contributed by atoms with E-state index in [4.69, 9.17) is 9.47 Å². The number of ether oxygens (including phenoxy) is 2. The molecule has 0 aromatic heterocycles. The third-order valence-electron chi connectivity index (χ3n) is 3.14. The molecule has 82 valence electrons. The van der Waals surface area contributed by atoms with Crippen LogP contribution >= 0.6 is 0 Å². The lowest BCUT2D eigenvalue weighted by atomic mass is 9.88. The molecular formula is C11H21NO2. The number of hydrogen-bond donors (Lipinski definition) is 1. The molecule has 0 aliphatic carbocycles. The second kappa shape index (κ2) is 4.60. The highest BCUT2D eigenvalue weighted by molar-refractivity contribution is 4.83. The minimum atomic E-state index is 0.398. The third-order valence-corrected chi connectivity index (χ3v) is 3.14. The first kappa shape index (κ1) is 10.4. The van der Waals surface area contributed by atoms with Crippen molar-refractivity contribution >= 4 is 0 Å². The lowest BCUT2D eigenvalue weighted by molar-refractivity contribution is -0.0996. The van der Waals surface area contributed by atoms with E-state index in [-0.39, 0.29) is 0 Å². The molecular weight excluding hydrogens is 178 g/mol. The van der Waals surface area contributed by atoms with E-state index in [0.717, 1.165) is 45.4 Å². The van der Waals surface area contributed by atoms with Crippen LogP contribution in [0.2, 0.25) is 0 Å². The first-order valence-corrected chi connectivity index (χ1v) is 5.65. The zero-order chi connectivity index (χ0) is 9.86. The molecule has 14 heavy (non-hydrogen) atoms. The maximum absolute atomic E-state index is 5.44. The number of nitrogens with one attached hydrogen (secondary N) is 1. The fourth-order valence-corrected chi connectivity index (χ4v) is 2.10. The van der Waals surface area contributed by atoms with Gasteiger partial charge < -0.3 is 14.8 Å². The average Bonchev–Trinajstić information content (AvgIpc) is 2.17. The maximum atomic E-state index is 5.44. The molecule has 2 heterocycles. The Labute approximate surface area is 86.2 Å². The van der Waals surface area contributed by atoms with Crippen molar-refractivity contribution in [1.29, 1.82) is 0 Å². The normalized spacial score (nSPS) is 31.1. The zero-order valence-corrected chi connectivity index (χ0v) is 9.05. The van der Waals surface area contributed by atoms with Crippen molar-refractivity contribution in [2.24, 2.45) is 11.3 Å². The topological polar surface area (TPSA) is 30.5 Å². The van der Waals surface area contributed by atoms with E-state index >= 15 is 0 Å². The molecule has 0 aromatic rings. The molecule has 0 aromatic carbocycles. The Morgan fingerprint density at radius 2 is 2.21 bits per heavy atom. The summed E-state index contributed by atoms with van der Waals surface area (Å²) in [5.74, 6) is 0.730. The molecule has 2 saturated heterocycles. The van der Waals surface area contributed by atoms with E-state index in [1.54, 1.807) is 0 Å². The fraction of sp³-hybridized carbons (Fsp3) is 1.00. The van der Waals surface area contributed by atoms with Crippen LogP contribution in [0.4, 0.5) is 0 Å². The predicted octanol–water partition coefficient (Wildman–Crippen LogP) is 1.04. The van der Waals surface area contributed by atoms with Crippen LogP contribution in [0.15, 0.2) is 0 Å². The summed E-state index contributed by atoms with van der Waals surface area (Å²) < 4.78 is 10.7. The zero-order valence-electron chi connectivity index (χ0n) is 9.05. The fourth-order valence-electron chi connectivity index (χ4n) is 2.10. The van der Waals surface area contributed by atoms with Crippen LogP contribution in [0, 0.1) is 11.3 Å². The molecule has 3 nitrogen and oxygen atoms in total. The van der Waals surface area contributed by atoms with Gasteiger partial charge in [0.1, 0.15) is 0 Å². The van der Waals surface area contributed by atoms with E-state index < -0.39 is 0 Å². The second-order valence-corrected chi connectivity index (χ2v) is 5.02. The van der Waals surface area contributed by atoms with Crippen LogP contribution in [-0.4, -0.2) is 39.5 Å². The monoisotopic (exact) mass is 199 g/mol. The van der Waals surface area contributed by atoms with E-state index in [0.29, 0.717) is 5.41 Å². The molecule has 2 fully saturated rings. The van der Waals surface area contributed by atoms with Crippen LogP contribution in [0.25, 0.3) is 0 Å². The summed E-state index contributed by atoms with van der Waals surface area (Å²) in [6.07, 6.45) is 2.55. The maximum Gasteiger partial charge on any atom is 0.0554 e. The summed E-state index contributed by atoms with van der Waals surface area (Å²) in [7, 11) is 0. The van der Waals surface area contributed by atoms with Gasteiger partial charge in [-0.15, -0.1) is 0 Å². The summed E-state index contributed by atoms with van der Waals surface area (Å²) in [5, 5.41) is 3.54. The summed E-state index contributed by atoms with van der Waals surface area (Å²) in [6.45, 7) is 8.21. The smallest absolute Gasteiger partial charge is 0.0554 e. The summed E-state index contributed by atoms with van der Waals surface area (Å²) >= 11 is 0. The minimum absolute atomic E-state index is 0.398. The Morgan fingerprint density at radius 1 is 1.36 bits per heavy atom. The van der Waals surface area contributed by atoms with Crippen LogP contribution in [0.3, 0.4) is 0 Å². The van der Waals surface area contributed by atoms with Gasteiger partial charge in [-0.05, 0) is 18.8 Å². The van der Waals surface area contributed by atoms with Crippen molar-refractivity contribution in [3.05, 3.63) is 0 Å². The first-order chi connectivity index (χ1) is 6.79. The van der Waals surface area contributed by atoms with Crippen molar-refractivity contribution in [2.75, 3.05) is 39.5 Å². The van der Waals surface area contributed by atoms with E-state index in [9.17, 15) is 0 Å². The van der Waals surface area contributed by atoms with Crippen molar-refractivity contribution in [1.82, 2.24) is 5.32 Å². The lowest BCUT2D eigenvalue weighted by Gasteiger charge is -2.38. The Morgan fingerprint density at radius 3 is 2.79 bits per heavy atom. The highest BCUT2D eigenvalue weighted by Gasteiger charge is 2.32. The quantitative estimate of drug-likeness (QED) is 0.734. The molecule has 1 atom stereocenters. The van der Waals surface area contributed by atoms with Crippen molar-refractivity contribution in [3.63, 3.8) is 0 Å². The minimum Gasteiger partial charge on any atom is -0.381 e.